The molecule has 1 saturated heterocycles. The lowest BCUT2D eigenvalue weighted by Gasteiger charge is -2.35. The molecule has 0 saturated carbocycles. The van der Waals surface area contributed by atoms with Crippen molar-refractivity contribution in [3.8, 4) is 11.5 Å². The Balaban J connectivity index is 1.16. The maximum absolute atomic E-state index is 14.2. The second-order valence-corrected chi connectivity index (χ2v) is 11.9. The fourth-order valence-corrected chi connectivity index (χ4v) is 6.42. The molecule has 0 bridgehead atoms. The van der Waals surface area contributed by atoms with Crippen LogP contribution in [0.4, 0.5) is 23.7 Å². The highest BCUT2D eigenvalue weighted by Gasteiger charge is 2.35. The topological polar surface area (TPSA) is 97.0 Å². The molecule has 2 amide bonds. The van der Waals surface area contributed by atoms with E-state index in [1.807, 2.05) is 36.1 Å². The Morgan fingerprint density at radius 1 is 1.07 bits per heavy atom. The quantitative estimate of drug-likeness (QED) is 0.213. The molecule has 0 unspecified atom stereocenters. The van der Waals surface area contributed by atoms with Gasteiger partial charge >= 0.3 is 12.2 Å². The number of fused-ring (bicyclic) bond motifs is 2. The number of hydrogen-bond acceptors (Lipinski definition) is 6. The molecule has 2 aliphatic rings. The van der Waals surface area contributed by atoms with E-state index in [1.54, 1.807) is 23.2 Å². The van der Waals surface area contributed by atoms with Gasteiger partial charge in [-0.1, -0.05) is 19.1 Å². The molecule has 1 atom stereocenters. The summed E-state index contributed by atoms with van der Waals surface area (Å²) in [5, 5.41) is 12.8. The van der Waals surface area contributed by atoms with E-state index in [0.717, 1.165) is 61.0 Å². The summed E-state index contributed by atoms with van der Waals surface area (Å²) in [6.45, 7) is 8.68. The number of ether oxygens (including phenoxy) is 1. The number of aromatic nitrogens is 2. The zero-order chi connectivity index (χ0) is 32.4. The van der Waals surface area contributed by atoms with Crippen molar-refractivity contribution in [3.05, 3.63) is 82.7 Å². The molecular formula is C34H39F3N6O3. The van der Waals surface area contributed by atoms with Crippen LogP contribution in [0.5, 0.6) is 11.5 Å². The van der Waals surface area contributed by atoms with Gasteiger partial charge in [0.2, 0.25) is 0 Å². The molecule has 1 fully saturated rings. The molecule has 12 heteroatoms. The summed E-state index contributed by atoms with van der Waals surface area (Å²) in [4.78, 5) is 27.0. The number of aliphatic hydroxyl groups is 1. The lowest BCUT2D eigenvalue weighted by Crippen LogP contribution is -2.45. The summed E-state index contributed by atoms with van der Waals surface area (Å²) >= 11 is 0. The van der Waals surface area contributed by atoms with Crippen LogP contribution in [0.15, 0.2) is 54.7 Å². The van der Waals surface area contributed by atoms with Crippen LogP contribution in [-0.2, 0) is 25.6 Å². The summed E-state index contributed by atoms with van der Waals surface area (Å²) < 4.78 is 48.7. The molecule has 0 aliphatic carbocycles. The number of likely N-dealkylation sites (N-methyl/N-ethyl adjacent to an activating group) is 1. The molecule has 0 radical (unpaired) electrons. The second-order valence-electron chi connectivity index (χ2n) is 11.9. The number of rotatable bonds is 8. The van der Waals surface area contributed by atoms with Crippen molar-refractivity contribution in [2.75, 3.05) is 51.2 Å². The van der Waals surface area contributed by atoms with Crippen molar-refractivity contribution in [1.29, 1.82) is 0 Å². The van der Waals surface area contributed by atoms with Crippen LogP contribution in [0.3, 0.4) is 0 Å². The van der Waals surface area contributed by atoms with Gasteiger partial charge in [0.05, 0.1) is 17.0 Å². The molecule has 2 aromatic carbocycles. The predicted octanol–water partition coefficient (Wildman–Crippen LogP) is 6.20. The van der Waals surface area contributed by atoms with E-state index in [4.69, 9.17) is 4.74 Å². The SMILES string of the molecule is CCN1CCN(Cc2ccc(NC(=O)N3CCc4ccc(Oc5ccnc6[nH]c(CCO)cc56)cc4[C@@H]3C)cc2C(F)(F)F)CC1. The number of pyridine rings is 1. The van der Waals surface area contributed by atoms with Crippen LogP contribution >= 0.6 is 0 Å². The number of halogens is 3. The number of carbonyl (C=O) groups excluding carboxylic acids is 1. The molecule has 0 spiro atoms. The lowest BCUT2D eigenvalue weighted by molar-refractivity contribution is -0.138. The number of anilines is 1. The Hall–Kier alpha value is -4.13. The van der Waals surface area contributed by atoms with Gasteiger partial charge < -0.3 is 29.9 Å². The van der Waals surface area contributed by atoms with Gasteiger partial charge in [-0.05, 0) is 73.0 Å². The van der Waals surface area contributed by atoms with Gasteiger partial charge in [0.25, 0.3) is 0 Å². The van der Waals surface area contributed by atoms with Crippen molar-refractivity contribution in [2.24, 2.45) is 0 Å². The third-order valence-corrected chi connectivity index (χ3v) is 9.05. The van der Waals surface area contributed by atoms with Crippen molar-refractivity contribution >= 4 is 22.8 Å². The van der Waals surface area contributed by atoms with Gasteiger partial charge in [0.1, 0.15) is 17.1 Å². The Bertz CT molecular complexity index is 1700. The minimum Gasteiger partial charge on any atom is -0.457 e. The first-order valence-electron chi connectivity index (χ1n) is 15.7. The Labute approximate surface area is 266 Å². The number of carbonyl (C=O) groups is 1. The number of benzene rings is 2. The van der Waals surface area contributed by atoms with Crippen LogP contribution in [0, 0.1) is 0 Å². The van der Waals surface area contributed by atoms with Gasteiger partial charge in [0, 0.05) is 69.9 Å². The van der Waals surface area contributed by atoms with Crippen molar-refractivity contribution in [1.82, 2.24) is 24.7 Å². The number of H-pyrrole nitrogens is 1. The summed E-state index contributed by atoms with van der Waals surface area (Å²) in [5.74, 6) is 1.20. The van der Waals surface area contributed by atoms with E-state index in [2.05, 4.69) is 27.1 Å². The van der Waals surface area contributed by atoms with Gasteiger partial charge in [-0.3, -0.25) is 4.90 Å². The molecular weight excluding hydrogens is 597 g/mol. The third kappa shape index (κ3) is 6.84. The Kier molecular flexibility index (Phi) is 9.21. The number of nitrogens with zero attached hydrogens (tertiary/aromatic N) is 4. The van der Waals surface area contributed by atoms with Crippen LogP contribution in [0.1, 0.15) is 47.8 Å². The Morgan fingerprint density at radius 3 is 2.59 bits per heavy atom. The largest absolute Gasteiger partial charge is 0.457 e. The molecule has 4 heterocycles. The van der Waals surface area contributed by atoms with E-state index in [-0.39, 0.29) is 30.4 Å². The van der Waals surface area contributed by atoms with Crippen molar-refractivity contribution < 1.29 is 27.8 Å². The lowest BCUT2D eigenvalue weighted by atomic mass is 9.93. The normalized spacial score (nSPS) is 17.7. The maximum atomic E-state index is 14.2. The molecule has 2 aliphatic heterocycles. The van der Waals surface area contributed by atoms with Gasteiger partial charge in [-0.2, -0.15) is 13.2 Å². The molecule has 244 valence electrons. The number of aliphatic hydroxyl groups excluding tert-OH is 1. The number of alkyl halides is 3. The van der Waals surface area contributed by atoms with E-state index < -0.39 is 17.8 Å². The van der Waals surface area contributed by atoms with Crippen LogP contribution in [0.25, 0.3) is 11.0 Å². The van der Waals surface area contributed by atoms with Crippen LogP contribution < -0.4 is 10.1 Å². The number of hydrogen-bond donors (Lipinski definition) is 3. The first-order chi connectivity index (χ1) is 22.1. The summed E-state index contributed by atoms with van der Waals surface area (Å²) in [6, 6.07) is 12.8. The highest BCUT2D eigenvalue weighted by Crippen LogP contribution is 2.37. The molecule has 6 rings (SSSR count). The average molecular weight is 637 g/mol. The molecule has 9 nitrogen and oxygen atoms in total. The van der Waals surface area contributed by atoms with E-state index in [9.17, 15) is 23.1 Å². The molecule has 46 heavy (non-hydrogen) atoms. The molecule has 2 aromatic heterocycles. The average Bonchev–Trinajstić information content (AvgIpc) is 3.46. The van der Waals surface area contributed by atoms with Gasteiger partial charge in [-0.25, -0.2) is 9.78 Å². The zero-order valence-corrected chi connectivity index (χ0v) is 26.0. The number of amides is 2. The number of urea groups is 1. The Morgan fingerprint density at radius 2 is 1.85 bits per heavy atom. The van der Waals surface area contributed by atoms with E-state index >= 15 is 0 Å². The van der Waals surface area contributed by atoms with Gasteiger partial charge in [-0.15, -0.1) is 0 Å². The minimum absolute atomic E-state index is 0.0155. The maximum Gasteiger partial charge on any atom is 0.416 e. The van der Waals surface area contributed by atoms with Crippen molar-refractivity contribution in [3.63, 3.8) is 0 Å². The fourth-order valence-electron chi connectivity index (χ4n) is 6.42. The van der Waals surface area contributed by atoms with E-state index in [1.165, 1.54) is 6.07 Å². The summed E-state index contributed by atoms with van der Waals surface area (Å²) in [5.41, 5.74) is 3.10. The van der Waals surface area contributed by atoms with Gasteiger partial charge in [0.15, 0.2) is 0 Å². The first-order valence-corrected chi connectivity index (χ1v) is 15.7. The third-order valence-electron chi connectivity index (χ3n) is 9.05. The number of aromatic amines is 1. The smallest absolute Gasteiger partial charge is 0.416 e. The van der Waals surface area contributed by atoms with Crippen LogP contribution in [-0.4, -0.2) is 81.7 Å². The van der Waals surface area contributed by atoms with E-state index in [0.29, 0.717) is 36.5 Å². The predicted molar refractivity (Wildman–Crippen MR) is 170 cm³/mol. The second kappa shape index (κ2) is 13.3. The molecule has 4 aromatic rings. The number of nitrogens with one attached hydrogen (secondary N) is 2. The number of piperazine rings is 1. The highest BCUT2D eigenvalue weighted by atomic mass is 19.4. The minimum atomic E-state index is -4.55. The summed E-state index contributed by atoms with van der Waals surface area (Å²) in [7, 11) is 0. The molecule has 3 N–H and O–H groups in total. The monoisotopic (exact) mass is 636 g/mol. The highest BCUT2D eigenvalue weighted by molar-refractivity contribution is 5.90. The zero-order valence-electron chi connectivity index (χ0n) is 26.0. The van der Waals surface area contributed by atoms with Crippen molar-refractivity contribution in [2.45, 2.75) is 45.5 Å². The van der Waals surface area contributed by atoms with Crippen LogP contribution in [0.2, 0.25) is 0 Å². The fraction of sp³-hybridized carbons (Fsp3) is 0.412. The summed E-state index contributed by atoms with van der Waals surface area (Å²) in [6.07, 6.45) is -1.82. The first kappa shape index (κ1) is 31.8. The standard InChI is InChI=1S/C34H39F3N6O3/c1-3-41-13-15-42(16-14-41)21-24-4-6-25(19-30(24)34(35,36)37)40-33(45)43-12-9-23-5-7-27(20-28(23)22(43)2)46-31-8-11-38-32-29(31)18-26(39-32)10-17-44/h4-8,11,18-20,22,44H,3,9-10,12-17,21H2,1-2H3,(H,38,39)(H,40,45)/t22-/m0/s1.